The van der Waals surface area contributed by atoms with Gasteiger partial charge >= 0.3 is 0 Å². The normalized spacial score (nSPS) is 22.6. The fourth-order valence-electron chi connectivity index (χ4n) is 2.25. The molecule has 90 valence electrons. The van der Waals surface area contributed by atoms with Gasteiger partial charge in [0, 0.05) is 32.2 Å². The molecule has 1 saturated heterocycles. The molecule has 0 bridgehead atoms. The summed E-state index contributed by atoms with van der Waals surface area (Å²) in [5.41, 5.74) is 0. The van der Waals surface area contributed by atoms with Crippen LogP contribution in [0.1, 0.15) is 25.5 Å². The Kier molecular flexibility index (Phi) is 3.56. The van der Waals surface area contributed by atoms with Gasteiger partial charge in [0.2, 0.25) is 0 Å². The van der Waals surface area contributed by atoms with Crippen molar-refractivity contribution in [1.29, 1.82) is 0 Å². The quantitative estimate of drug-likeness (QED) is 0.806. The van der Waals surface area contributed by atoms with E-state index in [-0.39, 0.29) is 0 Å². The largest absolute Gasteiger partial charge is 0.314 e. The van der Waals surface area contributed by atoms with Crippen molar-refractivity contribution in [3.05, 3.63) is 11.6 Å². The van der Waals surface area contributed by atoms with Crippen molar-refractivity contribution >= 4 is 0 Å². The highest BCUT2D eigenvalue weighted by atomic mass is 15.3. The summed E-state index contributed by atoms with van der Waals surface area (Å²) < 4.78 is 2.19. The molecule has 5 nitrogen and oxygen atoms in total. The van der Waals surface area contributed by atoms with Crippen LogP contribution >= 0.6 is 0 Å². The number of aromatic nitrogens is 3. The van der Waals surface area contributed by atoms with Crippen molar-refractivity contribution in [2.75, 3.05) is 19.6 Å². The zero-order valence-electron chi connectivity index (χ0n) is 10.4. The molecule has 1 aromatic rings. The number of hydrogen-bond acceptors (Lipinski definition) is 4. The third kappa shape index (κ3) is 2.25. The summed E-state index contributed by atoms with van der Waals surface area (Å²) in [6, 6.07) is 0.580. The Morgan fingerprint density at radius 1 is 1.44 bits per heavy atom. The second kappa shape index (κ2) is 4.93. The second-order valence-corrected chi connectivity index (χ2v) is 4.43. The lowest BCUT2D eigenvalue weighted by atomic mass is 10.2. The summed E-state index contributed by atoms with van der Waals surface area (Å²) in [4.78, 5) is 2.46. The number of hydrogen-bond donors (Lipinski definition) is 1. The van der Waals surface area contributed by atoms with Gasteiger partial charge in [-0.15, -0.1) is 10.2 Å². The van der Waals surface area contributed by atoms with Crippen LogP contribution in [0.25, 0.3) is 0 Å². The maximum atomic E-state index is 4.27. The molecule has 0 saturated carbocycles. The van der Waals surface area contributed by atoms with Crippen molar-refractivity contribution in [2.45, 2.75) is 39.9 Å². The number of rotatable bonds is 3. The van der Waals surface area contributed by atoms with Crippen molar-refractivity contribution in [1.82, 2.24) is 25.0 Å². The van der Waals surface area contributed by atoms with E-state index < -0.39 is 0 Å². The zero-order valence-corrected chi connectivity index (χ0v) is 10.4. The fraction of sp³-hybridized carbons (Fsp3) is 0.818. The molecule has 1 atom stereocenters. The molecular formula is C11H21N5. The van der Waals surface area contributed by atoms with E-state index in [1.807, 2.05) is 6.92 Å². The van der Waals surface area contributed by atoms with Crippen LogP contribution in [-0.2, 0) is 13.1 Å². The lowest BCUT2D eigenvalue weighted by Crippen LogP contribution is -2.49. The lowest BCUT2D eigenvalue weighted by molar-refractivity contribution is 0.159. The molecule has 1 N–H and O–H groups in total. The Hall–Kier alpha value is -0.940. The summed E-state index contributed by atoms with van der Waals surface area (Å²) in [5, 5.41) is 11.8. The minimum atomic E-state index is 0.580. The molecule has 0 aromatic carbocycles. The monoisotopic (exact) mass is 223 g/mol. The van der Waals surface area contributed by atoms with Gasteiger partial charge in [-0.25, -0.2) is 0 Å². The molecule has 0 radical (unpaired) electrons. The Bertz CT molecular complexity index is 346. The average Bonchev–Trinajstić information content (AvgIpc) is 2.63. The van der Waals surface area contributed by atoms with E-state index in [9.17, 15) is 0 Å². The Balaban J connectivity index is 2.07. The van der Waals surface area contributed by atoms with E-state index in [1.54, 1.807) is 0 Å². The van der Waals surface area contributed by atoms with E-state index in [1.165, 1.54) is 0 Å². The Labute approximate surface area is 96.8 Å². The molecule has 0 unspecified atom stereocenters. The van der Waals surface area contributed by atoms with Gasteiger partial charge in [-0.05, 0) is 20.8 Å². The van der Waals surface area contributed by atoms with Crippen molar-refractivity contribution in [2.24, 2.45) is 0 Å². The van der Waals surface area contributed by atoms with Crippen LogP contribution in [0, 0.1) is 6.92 Å². The first-order valence-corrected chi connectivity index (χ1v) is 6.05. The predicted molar refractivity (Wildman–Crippen MR) is 63.2 cm³/mol. The molecule has 5 heteroatoms. The summed E-state index contributed by atoms with van der Waals surface area (Å²) in [6.45, 7) is 11.5. The van der Waals surface area contributed by atoms with Gasteiger partial charge in [0.25, 0.3) is 0 Å². The van der Waals surface area contributed by atoms with Crippen molar-refractivity contribution in [3.63, 3.8) is 0 Å². The van der Waals surface area contributed by atoms with E-state index in [0.29, 0.717) is 6.04 Å². The maximum absolute atomic E-state index is 4.27. The van der Waals surface area contributed by atoms with E-state index in [0.717, 1.165) is 44.4 Å². The molecule has 0 amide bonds. The van der Waals surface area contributed by atoms with Crippen LogP contribution in [0.3, 0.4) is 0 Å². The fourth-order valence-corrected chi connectivity index (χ4v) is 2.25. The van der Waals surface area contributed by atoms with E-state index in [4.69, 9.17) is 0 Å². The smallest absolute Gasteiger partial charge is 0.147 e. The highest BCUT2D eigenvalue weighted by Crippen LogP contribution is 2.09. The van der Waals surface area contributed by atoms with Gasteiger partial charge in [0.1, 0.15) is 11.6 Å². The molecule has 1 aromatic heterocycles. The molecule has 0 aliphatic carbocycles. The first-order chi connectivity index (χ1) is 7.72. The first kappa shape index (κ1) is 11.5. The summed E-state index contributed by atoms with van der Waals surface area (Å²) in [5.74, 6) is 2.11. The molecule has 1 fully saturated rings. The topological polar surface area (TPSA) is 46.0 Å². The van der Waals surface area contributed by atoms with Gasteiger partial charge in [0.05, 0.1) is 6.54 Å². The Morgan fingerprint density at radius 3 is 2.94 bits per heavy atom. The molecular weight excluding hydrogens is 202 g/mol. The molecule has 1 aliphatic heterocycles. The number of piperazine rings is 1. The average molecular weight is 223 g/mol. The highest BCUT2D eigenvalue weighted by Gasteiger charge is 2.20. The van der Waals surface area contributed by atoms with Gasteiger partial charge in [-0.3, -0.25) is 4.90 Å². The van der Waals surface area contributed by atoms with Crippen LogP contribution < -0.4 is 5.32 Å². The number of aryl methyl sites for hydroxylation is 1. The molecule has 2 rings (SSSR count). The van der Waals surface area contributed by atoms with Crippen LogP contribution in [0.4, 0.5) is 0 Å². The minimum Gasteiger partial charge on any atom is -0.314 e. The van der Waals surface area contributed by atoms with Gasteiger partial charge in [-0.1, -0.05) is 0 Å². The molecule has 2 heterocycles. The van der Waals surface area contributed by atoms with Crippen LogP contribution in [-0.4, -0.2) is 45.3 Å². The van der Waals surface area contributed by atoms with Crippen molar-refractivity contribution in [3.8, 4) is 0 Å². The SMILES string of the molecule is CCn1c(C)nnc1CN1CCNC[C@H]1C. The molecule has 1 aliphatic rings. The van der Waals surface area contributed by atoms with Crippen LogP contribution in [0.2, 0.25) is 0 Å². The first-order valence-electron chi connectivity index (χ1n) is 6.05. The number of nitrogens with one attached hydrogen (secondary N) is 1. The van der Waals surface area contributed by atoms with Crippen LogP contribution in [0.15, 0.2) is 0 Å². The van der Waals surface area contributed by atoms with Gasteiger partial charge < -0.3 is 9.88 Å². The van der Waals surface area contributed by atoms with Crippen LogP contribution in [0.5, 0.6) is 0 Å². The molecule has 0 spiro atoms. The van der Waals surface area contributed by atoms with E-state index in [2.05, 4.69) is 38.8 Å². The zero-order chi connectivity index (χ0) is 11.5. The minimum absolute atomic E-state index is 0.580. The van der Waals surface area contributed by atoms with E-state index >= 15 is 0 Å². The van der Waals surface area contributed by atoms with Crippen molar-refractivity contribution < 1.29 is 0 Å². The lowest BCUT2D eigenvalue weighted by Gasteiger charge is -2.33. The summed E-state index contributed by atoms with van der Waals surface area (Å²) in [6.07, 6.45) is 0. The summed E-state index contributed by atoms with van der Waals surface area (Å²) in [7, 11) is 0. The maximum Gasteiger partial charge on any atom is 0.147 e. The van der Waals surface area contributed by atoms with Gasteiger partial charge in [-0.2, -0.15) is 0 Å². The predicted octanol–water partition coefficient (Wildman–Crippen LogP) is 0.400. The summed E-state index contributed by atoms with van der Waals surface area (Å²) >= 11 is 0. The molecule has 16 heavy (non-hydrogen) atoms. The van der Waals surface area contributed by atoms with Gasteiger partial charge in [0.15, 0.2) is 0 Å². The third-order valence-corrected chi connectivity index (χ3v) is 3.31. The highest BCUT2D eigenvalue weighted by molar-refractivity contribution is 4.95. The standard InChI is InChI=1S/C11H21N5/c1-4-16-10(3)13-14-11(16)8-15-6-5-12-7-9(15)2/h9,12H,4-8H2,1-3H3/t9-/m1/s1. The third-order valence-electron chi connectivity index (χ3n) is 3.31. The number of nitrogens with zero attached hydrogens (tertiary/aromatic N) is 4. The Morgan fingerprint density at radius 2 is 2.25 bits per heavy atom. The second-order valence-electron chi connectivity index (χ2n) is 4.43.